The van der Waals surface area contributed by atoms with Crippen molar-refractivity contribution in [1.82, 2.24) is 0 Å². The SMILES string of the molecule is COC[CH2][Al+][CH2]COC.[H-].[H-].[Na+]. The third kappa shape index (κ3) is 12.2. The van der Waals surface area contributed by atoms with E-state index in [9.17, 15) is 0 Å². The van der Waals surface area contributed by atoms with Crippen LogP contribution >= 0.6 is 0 Å². The Balaban J connectivity index is -0.000000107. The first-order chi connectivity index (χ1) is 4.41. The van der Waals surface area contributed by atoms with Crippen LogP contribution in [0.25, 0.3) is 0 Å². The average Bonchev–Trinajstić information content (AvgIpc) is 1.89. The number of hydrogen-bond acceptors (Lipinski definition) is 2. The Hall–Kier alpha value is 1.45. The van der Waals surface area contributed by atoms with Crippen LogP contribution in [0, 0.1) is 0 Å². The average molecular weight is 170 g/mol. The van der Waals surface area contributed by atoms with Gasteiger partial charge in [0.2, 0.25) is 0 Å². The van der Waals surface area contributed by atoms with Gasteiger partial charge in [-0.05, 0) is 0 Å². The molecule has 0 N–H and O–H groups in total. The summed E-state index contributed by atoms with van der Waals surface area (Å²) in [6.07, 6.45) is 0. The van der Waals surface area contributed by atoms with Gasteiger partial charge in [-0.1, -0.05) is 0 Å². The fourth-order valence-corrected chi connectivity index (χ4v) is 1.64. The van der Waals surface area contributed by atoms with Gasteiger partial charge in [0.25, 0.3) is 0 Å². The molecular formula is C6H16AlNaO2. The van der Waals surface area contributed by atoms with Crippen LogP contribution in [0.2, 0.25) is 10.6 Å². The Bertz CT molecular complexity index is 56.8. The zero-order valence-electron chi connectivity index (χ0n) is 9.22. The number of ether oxygens (including phenoxy) is 2. The van der Waals surface area contributed by atoms with Gasteiger partial charge in [-0.2, -0.15) is 0 Å². The van der Waals surface area contributed by atoms with Crippen molar-refractivity contribution in [3.8, 4) is 0 Å². The Kier molecular flexibility index (Phi) is 18.3. The van der Waals surface area contributed by atoms with Crippen LogP contribution in [0.15, 0.2) is 0 Å². The summed E-state index contributed by atoms with van der Waals surface area (Å²) >= 11 is 0.568. The molecule has 0 fully saturated rings. The molecule has 0 spiro atoms. The molecule has 0 amide bonds. The van der Waals surface area contributed by atoms with Gasteiger partial charge in [0.1, 0.15) is 0 Å². The van der Waals surface area contributed by atoms with Gasteiger partial charge in [-0.25, -0.2) is 0 Å². The minimum atomic E-state index is 0. The van der Waals surface area contributed by atoms with Crippen molar-refractivity contribution in [1.29, 1.82) is 0 Å². The summed E-state index contributed by atoms with van der Waals surface area (Å²) in [5, 5.41) is 2.47. The van der Waals surface area contributed by atoms with Crippen LogP contribution in [-0.4, -0.2) is 42.7 Å². The molecule has 0 aliphatic heterocycles. The normalized spacial score (nSPS) is 8.20. The van der Waals surface area contributed by atoms with Gasteiger partial charge in [0, 0.05) is 0 Å². The molecule has 0 aromatic carbocycles. The first-order valence-electron chi connectivity index (χ1n) is 3.21. The van der Waals surface area contributed by atoms with E-state index in [0.29, 0.717) is 15.2 Å². The summed E-state index contributed by atoms with van der Waals surface area (Å²) in [6, 6.07) is 0. The van der Waals surface area contributed by atoms with Gasteiger partial charge in [0.15, 0.2) is 0 Å². The van der Waals surface area contributed by atoms with Crippen molar-refractivity contribution >= 4 is 15.2 Å². The molecule has 56 valence electrons. The van der Waals surface area contributed by atoms with E-state index in [1.165, 1.54) is 10.6 Å². The van der Waals surface area contributed by atoms with Gasteiger partial charge >= 0.3 is 92.2 Å². The predicted octanol–water partition coefficient (Wildman–Crippen LogP) is -1.95. The summed E-state index contributed by atoms with van der Waals surface area (Å²) in [4.78, 5) is 0. The Labute approximate surface area is 94.6 Å². The van der Waals surface area contributed by atoms with Crippen molar-refractivity contribution in [2.24, 2.45) is 0 Å². The molecular weight excluding hydrogens is 154 g/mol. The van der Waals surface area contributed by atoms with E-state index >= 15 is 0 Å². The first-order valence-corrected chi connectivity index (χ1v) is 4.84. The minimum absolute atomic E-state index is 0. The monoisotopic (exact) mass is 170 g/mol. The second-order valence-electron chi connectivity index (χ2n) is 1.85. The van der Waals surface area contributed by atoms with Crippen molar-refractivity contribution < 1.29 is 41.9 Å². The molecule has 0 radical (unpaired) electrons. The van der Waals surface area contributed by atoms with E-state index in [0.717, 1.165) is 13.2 Å². The number of methoxy groups -OCH3 is 2. The van der Waals surface area contributed by atoms with E-state index in [1.54, 1.807) is 14.2 Å². The van der Waals surface area contributed by atoms with Crippen molar-refractivity contribution in [3.05, 3.63) is 0 Å². The minimum Gasteiger partial charge on any atom is -1.00 e. The maximum atomic E-state index is 4.90. The van der Waals surface area contributed by atoms with E-state index < -0.39 is 0 Å². The molecule has 4 heteroatoms. The third-order valence-electron chi connectivity index (χ3n) is 1.05. The molecule has 10 heavy (non-hydrogen) atoms. The Morgan fingerprint density at radius 2 is 1.50 bits per heavy atom. The molecule has 2 nitrogen and oxygen atoms in total. The first kappa shape index (κ1) is 14.0. The predicted molar refractivity (Wildman–Crippen MR) is 41.3 cm³/mol. The van der Waals surface area contributed by atoms with E-state index in [2.05, 4.69) is 0 Å². The molecule has 0 unspecified atom stereocenters. The number of hydrogen-bond donors (Lipinski definition) is 0. The molecule has 0 aromatic heterocycles. The topological polar surface area (TPSA) is 18.5 Å². The van der Waals surface area contributed by atoms with E-state index in [4.69, 9.17) is 9.47 Å². The van der Waals surface area contributed by atoms with E-state index in [-0.39, 0.29) is 32.4 Å². The maximum absolute atomic E-state index is 4.90. The Morgan fingerprint density at radius 1 is 1.10 bits per heavy atom. The summed E-state index contributed by atoms with van der Waals surface area (Å²) in [5.74, 6) is 0. The maximum Gasteiger partial charge on any atom is 1.00 e. The molecule has 0 atom stereocenters. The molecule has 0 heterocycles. The van der Waals surface area contributed by atoms with Crippen molar-refractivity contribution in [2.75, 3.05) is 27.4 Å². The summed E-state index contributed by atoms with van der Waals surface area (Å²) in [5.41, 5.74) is 0. The number of rotatable bonds is 6. The summed E-state index contributed by atoms with van der Waals surface area (Å²) < 4.78 is 9.80. The summed E-state index contributed by atoms with van der Waals surface area (Å²) in [7, 11) is 3.49. The van der Waals surface area contributed by atoms with Gasteiger partial charge in [-0.3, -0.25) is 0 Å². The summed E-state index contributed by atoms with van der Waals surface area (Å²) in [6.45, 7) is 1.83. The fraction of sp³-hybridized carbons (Fsp3) is 1.00. The largest absolute Gasteiger partial charge is 1.00 e. The van der Waals surface area contributed by atoms with Gasteiger partial charge in [0.05, 0.1) is 0 Å². The standard InChI is InChI=1S/2C3H7O.Al.Na.2H/c2*1-3-4-2;;;;/h2*1,3H2,2H3;;;;/q;;2*+1;2*-1. The quantitative estimate of drug-likeness (QED) is 0.341. The zero-order chi connectivity index (χ0) is 6.95. The van der Waals surface area contributed by atoms with E-state index in [1.807, 2.05) is 0 Å². The van der Waals surface area contributed by atoms with Crippen LogP contribution < -0.4 is 29.6 Å². The molecule has 0 bridgehead atoms. The molecule has 0 rings (SSSR count). The van der Waals surface area contributed by atoms with Gasteiger partial charge < -0.3 is 2.85 Å². The molecule has 0 aromatic rings. The van der Waals surface area contributed by atoms with Crippen LogP contribution in [0.5, 0.6) is 0 Å². The van der Waals surface area contributed by atoms with Gasteiger partial charge in [-0.15, -0.1) is 0 Å². The van der Waals surface area contributed by atoms with Crippen molar-refractivity contribution in [3.63, 3.8) is 0 Å². The smallest absolute Gasteiger partial charge is 1.00 e. The molecule has 0 saturated heterocycles. The van der Waals surface area contributed by atoms with Crippen molar-refractivity contribution in [2.45, 2.75) is 10.6 Å². The van der Waals surface area contributed by atoms with Crippen LogP contribution in [0.1, 0.15) is 2.85 Å². The third-order valence-corrected chi connectivity index (χ3v) is 2.34. The molecule has 0 aliphatic rings. The van der Waals surface area contributed by atoms with Crippen LogP contribution in [-0.2, 0) is 9.47 Å². The zero-order valence-corrected chi connectivity index (χ0v) is 10.4. The van der Waals surface area contributed by atoms with Crippen LogP contribution in [0.3, 0.4) is 0 Å². The second kappa shape index (κ2) is 13.1. The second-order valence-corrected chi connectivity index (χ2v) is 3.58. The van der Waals surface area contributed by atoms with Crippen LogP contribution in [0.4, 0.5) is 0 Å². The molecule has 0 saturated carbocycles. The fourth-order valence-electron chi connectivity index (χ4n) is 0.547. The molecule has 0 aliphatic carbocycles. The Morgan fingerprint density at radius 3 is 1.80 bits per heavy atom.